The van der Waals surface area contributed by atoms with E-state index in [0.29, 0.717) is 5.56 Å². The van der Waals surface area contributed by atoms with Crippen LogP contribution in [0.1, 0.15) is 28.4 Å². The summed E-state index contributed by atoms with van der Waals surface area (Å²) in [4.78, 5) is -0.0770. The fraction of sp³-hybridized carbons (Fsp3) is 0.300. The largest absolute Gasteiger partial charge is 0.417 e. The number of rotatable bonds is 1. The highest BCUT2D eigenvalue weighted by Crippen LogP contribution is 2.33. The summed E-state index contributed by atoms with van der Waals surface area (Å²) in [5.41, 5.74) is -0.576. The molecule has 1 nitrogen and oxygen atoms in total. The molecule has 0 radical (unpaired) electrons. The molecule has 0 amide bonds. The van der Waals surface area contributed by atoms with E-state index in [1.54, 1.807) is 13.0 Å². The third-order valence-electron chi connectivity index (χ3n) is 1.93. The van der Waals surface area contributed by atoms with Crippen LogP contribution in [-0.4, -0.2) is 0 Å². The molecule has 15 heavy (non-hydrogen) atoms. The van der Waals surface area contributed by atoms with Gasteiger partial charge in [0.15, 0.2) is 0 Å². The first-order chi connectivity index (χ1) is 6.86. The smallest absolute Gasteiger partial charge is 0.192 e. The Balaban J connectivity index is 3.29. The zero-order valence-electron chi connectivity index (χ0n) is 7.77. The van der Waals surface area contributed by atoms with Gasteiger partial charge in [-0.2, -0.15) is 18.4 Å². The molecule has 1 aromatic carbocycles. The van der Waals surface area contributed by atoms with E-state index in [2.05, 4.69) is 15.9 Å². The van der Waals surface area contributed by atoms with Crippen LogP contribution in [0.4, 0.5) is 13.2 Å². The van der Waals surface area contributed by atoms with Crippen LogP contribution in [0.2, 0.25) is 0 Å². The minimum absolute atomic E-state index is 0.0770. The van der Waals surface area contributed by atoms with Gasteiger partial charge in [-0.3, -0.25) is 0 Å². The minimum atomic E-state index is -4.47. The van der Waals surface area contributed by atoms with Gasteiger partial charge in [0.1, 0.15) is 0 Å². The molecule has 0 heterocycles. The number of hydrogen-bond acceptors (Lipinski definition) is 1. The van der Waals surface area contributed by atoms with E-state index >= 15 is 0 Å². The Bertz CT molecular complexity index is 404. The molecule has 0 saturated heterocycles. The first-order valence-electron chi connectivity index (χ1n) is 4.11. The molecule has 1 atom stereocenters. The van der Waals surface area contributed by atoms with Gasteiger partial charge in [0.25, 0.3) is 0 Å². The second-order valence-electron chi connectivity index (χ2n) is 3.03. The number of nitrogens with zero attached hydrogens (tertiary/aromatic N) is 1. The Morgan fingerprint density at radius 3 is 2.40 bits per heavy atom. The van der Waals surface area contributed by atoms with Crippen LogP contribution in [0.25, 0.3) is 0 Å². The van der Waals surface area contributed by atoms with Crippen molar-refractivity contribution >= 4 is 15.9 Å². The lowest BCUT2D eigenvalue weighted by Crippen LogP contribution is -2.08. The Kier molecular flexibility index (Phi) is 3.40. The zero-order chi connectivity index (χ0) is 11.6. The van der Waals surface area contributed by atoms with E-state index in [0.717, 1.165) is 6.07 Å². The lowest BCUT2D eigenvalue weighted by atomic mass is 10.0. The average Bonchev–Trinajstić information content (AvgIpc) is 2.15. The van der Waals surface area contributed by atoms with E-state index in [-0.39, 0.29) is 10.4 Å². The van der Waals surface area contributed by atoms with Crippen LogP contribution >= 0.6 is 15.9 Å². The summed E-state index contributed by atoms with van der Waals surface area (Å²) in [7, 11) is 0. The maximum absolute atomic E-state index is 12.4. The van der Waals surface area contributed by atoms with Crippen molar-refractivity contribution in [2.75, 3.05) is 0 Å². The van der Waals surface area contributed by atoms with Gasteiger partial charge < -0.3 is 0 Å². The quantitative estimate of drug-likeness (QED) is 0.711. The Hall–Kier alpha value is -1.02. The lowest BCUT2D eigenvalue weighted by molar-refractivity contribution is -0.137. The summed E-state index contributed by atoms with van der Waals surface area (Å²) >= 11 is 3.23. The second-order valence-corrected chi connectivity index (χ2v) is 4.40. The van der Waals surface area contributed by atoms with Gasteiger partial charge in [0, 0.05) is 4.83 Å². The maximum atomic E-state index is 12.4. The summed E-state index contributed by atoms with van der Waals surface area (Å²) in [6, 6.07) is 5.11. The average molecular weight is 278 g/mol. The minimum Gasteiger partial charge on any atom is -0.192 e. The standard InChI is InChI=1S/C10H7BrF3N/c1-6(11)7-2-3-9(10(12,13)14)8(4-7)5-15/h2-4,6H,1H3. The Morgan fingerprint density at radius 1 is 1.40 bits per heavy atom. The molecule has 0 N–H and O–H groups in total. The second kappa shape index (κ2) is 4.23. The van der Waals surface area contributed by atoms with Crippen LogP contribution in [0.3, 0.4) is 0 Å². The molecular weight excluding hydrogens is 271 g/mol. The van der Waals surface area contributed by atoms with E-state index in [9.17, 15) is 13.2 Å². The lowest BCUT2D eigenvalue weighted by Gasteiger charge is -2.11. The van der Waals surface area contributed by atoms with Crippen molar-refractivity contribution in [2.24, 2.45) is 0 Å². The summed E-state index contributed by atoms with van der Waals surface area (Å²) in [6.45, 7) is 1.78. The fourth-order valence-electron chi connectivity index (χ4n) is 1.15. The molecule has 0 aliphatic rings. The Morgan fingerprint density at radius 2 is 2.00 bits per heavy atom. The van der Waals surface area contributed by atoms with E-state index in [1.165, 1.54) is 12.1 Å². The van der Waals surface area contributed by atoms with Crippen molar-refractivity contribution in [3.63, 3.8) is 0 Å². The number of alkyl halides is 4. The fourth-order valence-corrected chi connectivity index (χ4v) is 1.43. The number of hydrogen-bond donors (Lipinski definition) is 0. The van der Waals surface area contributed by atoms with Crippen molar-refractivity contribution in [1.29, 1.82) is 5.26 Å². The number of benzene rings is 1. The SMILES string of the molecule is CC(Br)c1ccc(C(F)(F)F)c(C#N)c1. The van der Waals surface area contributed by atoms with Crippen LogP contribution in [0.15, 0.2) is 18.2 Å². The molecule has 1 aromatic rings. The molecule has 0 fully saturated rings. The molecule has 1 unspecified atom stereocenters. The molecule has 0 aromatic heterocycles. The molecule has 0 aliphatic heterocycles. The molecule has 80 valence electrons. The molecule has 0 spiro atoms. The van der Waals surface area contributed by atoms with Gasteiger partial charge in [0.05, 0.1) is 17.2 Å². The highest BCUT2D eigenvalue weighted by atomic mass is 79.9. The van der Waals surface area contributed by atoms with E-state index < -0.39 is 11.7 Å². The molecule has 1 rings (SSSR count). The van der Waals surface area contributed by atoms with Crippen LogP contribution in [0.5, 0.6) is 0 Å². The zero-order valence-corrected chi connectivity index (χ0v) is 9.35. The predicted octanol–water partition coefficient (Wildman–Crippen LogP) is 4.03. The van der Waals surface area contributed by atoms with Gasteiger partial charge in [-0.05, 0) is 24.6 Å². The molecule has 0 aliphatic carbocycles. The van der Waals surface area contributed by atoms with Crippen molar-refractivity contribution in [2.45, 2.75) is 17.9 Å². The Labute approximate surface area is 93.6 Å². The maximum Gasteiger partial charge on any atom is 0.417 e. The highest BCUT2D eigenvalue weighted by molar-refractivity contribution is 9.09. The molecular formula is C10H7BrF3N. The third-order valence-corrected chi connectivity index (χ3v) is 2.46. The summed E-state index contributed by atoms with van der Waals surface area (Å²) < 4.78 is 37.2. The van der Waals surface area contributed by atoms with Crippen molar-refractivity contribution in [3.05, 3.63) is 34.9 Å². The normalized spacial score (nSPS) is 13.3. The van der Waals surface area contributed by atoms with Gasteiger partial charge in [-0.25, -0.2) is 0 Å². The van der Waals surface area contributed by atoms with Crippen molar-refractivity contribution in [1.82, 2.24) is 0 Å². The van der Waals surface area contributed by atoms with Crippen molar-refractivity contribution < 1.29 is 13.2 Å². The highest BCUT2D eigenvalue weighted by Gasteiger charge is 2.33. The molecule has 5 heteroatoms. The number of nitriles is 1. The summed E-state index contributed by atoms with van der Waals surface area (Å²) in [5, 5.41) is 8.62. The van der Waals surface area contributed by atoms with Gasteiger partial charge in [-0.15, -0.1) is 0 Å². The van der Waals surface area contributed by atoms with Crippen LogP contribution < -0.4 is 0 Å². The third kappa shape index (κ3) is 2.72. The molecule has 0 bridgehead atoms. The van der Waals surface area contributed by atoms with E-state index in [4.69, 9.17) is 5.26 Å². The first kappa shape index (κ1) is 12.1. The van der Waals surface area contributed by atoms with Crippen molar-refractivity contribution in [3.8, 4) is 6.07 Å². The summed E-state index contributed by atoms with van der Waals surface area (Å²) in [5.74, 6) is 0. The number of halogens is 4. The molecule has 0 saturated carbocycles. The van der Waals surface area contributed by atoms with Gasteiger partial charge in [-0.1, -0.05) is 22.0 Å². The monoisotopic (exact) mass is 277 g/mol. The topological polar surface area (TPSA) is 23.8 Å². The van der Waals surface area contributed by atoms with Crippen LogP contribution in [-0.2, 0) is 6.18 Å². The van der Waals surface area contributed by atoms with Gasteiger partial charge >= 0.3 is 6.18 Å². The van der Waals surface area contributed by atoms with Gasteiger partial charge in [0.2, 0.25) is 0 Å². The summed E-state index contributed by atoms with van der Waals surface area (Å²) in [6.07, 6.45) is -4.47. The van der Waals surface area contributed by atoms with Crippen LogP contribution in [0, 0.1) is 11.3 Å². The first-order valence-corrected chi connectivity index (χ1v) is 5.03. The predicted molar refractivity (Wildman–Crippen MR) is 53.5 cm³/mol. The van der Waals surface area contributed by atoms with E-state index in [1.807, 2.05) is 0 Å².